The molecule has 0 aromatic heterocycles. The third-order valence-corrected chi connectivity index (χ3v) is 4.32. The Balaban J connectivity index is 2.34. The second-order valence-corrected chi connectivity index (χ2v) is 5.82. The highest BCUT2D eigenvalue weighted by Gasteiger charge is 2.18. The first-order valence-electron chi connectivity index (χ1n) is 5.77. The molecule has 1 unspecified atom stereocenters. The monoisotopic (exact) mass is 358 g/mol. The molecule has 0 aliphatic carbocycles. The van der Waals surface area contributed by atoms with Gasteiger partial charge in [-0.25, -0.2) is 0 Å². The number of rotatable bonds is 4. The number of benzene rings is 2. The van der Waals surface area contributed by atoms with E-state index >= 15 is 0 Å². The molecule has 0 fully saturated rings. The fourth-order valence-corrected chi connectivity index (χ4v) is 3.25. The standard InChI is InChI=1S/C14H13BrCl2N2/c15-10-5-3-7-12(17)14(10)13(19-18)8-9-4-1-2-6-11(9)16/h1-7,13,19H,8,18H2. The van der Waals surface area contributed by atoms with Crippen molar-refractivity contribution in [1.82, 2.24) is 5.43 Å². The molecule has 0 aliphatic rings. The van der Waals surface area contributed by atoms with Crippen molar-refractivity contribution in [3.05, 3.63) is 68.1 Å². The van der Waals surface area contributed by atoms with Crippen molar-refractivity contribution < 1.29 is 0 Å². The van der Waals surface area contributed by atoms with Crippen LogP contribution in [-0.4, -0.2) is 0 Å². The molecule has 3 N–H and O–H groups in total. The van der Waals surface area contributed by atoms with Crippen molar-refractivity contribution in [2.75, 3.05) is 0 Å². The van der Waals surface area contributed by atoms with Gasteiger partial charge >= 0.3 is 0 Å². The fraction of sp³-hybridized carbons (Fsp3) is 0.143. The van der Waals surface area contributed by atoms with E-state index in [1.165, 1.54) is 0 Å². The summed E-state index contributed by atoms with van der Waals surface area (Å²) in [6, 6.07) is 13.3. The number of hydrogen-bond acceptors (Lipinski definition) is 2. The van der Waals surface area contributed by atoms with Crippen LogP contribution in [0.2, 0.25) is 10.0 Å². The topological polar surface area (TPSA) is 38.0 Å². The smallest absolute Gasteiger partial charge is 0.0526 e. The normalized spacial score (nSPS) is 12.4. The van der Waals surface area contributed by atoms with Gasteiger partial charge in [-0.2, -0.15) is 0 Å². The molecule has 19 heavy (non-hydrogen) atoms. The molecule has 2 nitrogen and oxygen atoms in total. The number of nitrogens with one attached hydrogen (secondary N) is 1. The SMILES string of the molecule is NNC(Cc1ccccc1Cl)c1c(Cl)cccc1Br. The van der Waals surface area contributed by atoms with Gasteiger partial charge in [-0.05, 0) is 30.2 Å². The van der Waals surface area contributed by atoms with Crippen LogP contribution >= 0.6 is 39.1 Å². The van der Waals surface area contributed by atoms with Crippen molar-refractivity contribution in [3.8, 4) is 0 Å². The molecule has 0 saturated heterocycles. The molecule has 100 valence electrons. The lowest BCUT2D eigenvalue weighted by Gasteiger charge is -2.20. The second kappa shape index (κ2) is 6.73. The molecule has 0 saturated carbocycles. The van der Waals surface area contributed by atoms with Gasteiger partial charge in [0.2, 0.25) is 0 Å². The van der Waals surface area contributed by atoms with Gasteiger partial charge in [-0.1, -0.05) is 63.4 Å². The Morgan fingerprint density at radius 3 is 2.37 bits per heavy atom. The van der Waals surface area contributed by atoms with E-state index in [1.807, 2.05) is 42.5 Å². The van der Waals surface area contributed by atoms with Crippen molar-refractivity contribution in [2.24, 2.45) is 5.84 Å². The molecule has 2 rings (SSSR count). The van der Waals surface area contributed by atoms with Crippen LogP contribution < -0.4 is 11.3 Å². The maximum absolute atomic E-state index is 6.25. The molecule has 0 spiro atoms. The van der Waals surface area contributed by atoms with Crippen LogP contribution in [0.15, 0.2) is 46.9 Å². The lowest BCUT2D eigenvalue weighted by atomic mass is 9.99. The van der Waals surface area contributed by atoms with E-state index < -0.39 is 0 Å². The minimum absolute atomic E-state index is 0.108. The quantitative estimate of drug-likeness (QED) is 0.622. The average Bonchev–Trinajstić information content (AvgIpc) is 2.39. The van der Waals surface area contributed by atoms with E-state index in [4.69, 9.17) is 29.0 Å². The van der Waals surface area contributed by atoms with Gasteiger partial charge in [0.15, 0.2) is 0 Å². The van der Waals surface area contributed by atoms with Crippen LogP contribution in [0.1, 0.15) is 17.2 Å². The van der Waals surface area contributed by atoms with Crippen LogP contribution in [0.4, 0.5) is 0 Å². The summed E-state index contributed by atoms with van der Waals surface area (Å²) >= 11 is 15.9. The Morgan fingerprint density at radius 2 is 1.74 bits per heavy atom. The zero-order valence-electron chi connectivity index (χ0n) is 10.0. The number of nitrogens with two attached hydrogens (primary N) is 1. The molecule has 0 heterocycles. The number of hydrazine groups is 1. The molecule has 2 aromatic rings. The van der Waals surface area contributed by atoms with E-state index in [2.05, 4.69) is 21.4 Å². The molecular weight excluding hydrogens is 347 g/mol. The summed E-state index contributed by atoms with van der Waals surface area (Å²) in [7, 11) is 0. The van der Waals surface area contributed by atoms with Crippen molar-refractivity contribution in [1.29, 1.82) is 0 Å². The zero-order chi connectivity index (χ0) is 13.8. The van der Waals surface area contributed by atoms with Gasteiger partial charge in [0, 0.05) is 20.1 Å². The van der Waals surface area contributed by atoms with Gasteiger partial charge in [0.05, 0.1) is 6.04 Å². The van der Waals surface area contributed by atoms with Crippen LogP contribution in [0.3, 0.4) is 0 Å². The summed E-state index contributed by atoms with van der Waals surface area (Å²) in [5.74, 6) is 5.67. The fourth-order valence-electron chi connectivity index (χ4n) is 1.97. The first kappa shape index (κ1) is 14.8. The lowest BCUT2D eigenvalue weighted by molar-refractivity contribution is 0.550. The van der Waals surface area contributed by atoms with Gasteiger partial charge < -0.3 is 0 Å². The maximum atomic E-state index is 6.25. The highest BCUT2D eigenvalue weighted by atomic mass is 79.9. The summed E-state index contributed by atoms with van der Waals surface area (Å²) in [5, 5.41) is 1.40. The Hall–Kier alpha value is -0.580. The second-order valence-electron chi connectivity index (χ2n) is 4.15. The third-order valence-electron chi connectivity index (χ3n) is 2.93. The summed E-state index contributed by atoms with van der Waals surface area (Å²) in [6.07, 6.45) is 0.665. The maximum Gasteiger partial charge on any atom is 0.0526 e. The first-order valence-corrected chi connectivity index (χ1v) is 7.32. The lowest BCUT2D eigenvalue weighted by Crippen LogP contribution is -2.30. The van der Waals surface area contributed by atoms with Crippen LogP contribution in [0.25, 0.3) is 0 Å². The molecule has 0 radical (unpaired) electrons. The van der Waals surface area contributed by atoms with Crippen LogP contribution in [-0.2, 0) is 6.42 Å². The van der Waals surface area contributed by atoms with Crippen molar-refractivity contribution in [2.45, 2.75) is 12.5 Å². The van der Waals surface area contributed by atoms with Crippen LogP contribution in [0.5, 0.6) is 0 Å². The molecule has 0 aliphatic heterocycles. The van der Waals surface area contributed by atoms with E-state index in [0.717, 1.165) is 20.6 Å². The highest BCUT2D eigenvalue weighted by molar-refractivity contribution is 9.10. The minimum Gasteiger partial charge on any atom is -0.271 e. The molecule has 0 bridgehead atoms. The minimum atomic E-state index is -0.108. The van der Waals surface area contributed by atoms with E-state index in [9.17, 15) is 0 Å². The molecule has 1 atom stereocenters. The van der Waals surface area contributed by atoms with Crippen molar-refractivity contribution in [3.63, 3.8) is 0 Å². The highest BCUT2D eigenvalue weighted by Crippen LogP contribution is 2.33. The van der Waals surface area contributed by atoms with Gasteiger partial charge in [-0.3, -0.25) is 11.3 Å². The predicted molar refractivity (Wildman–Crippen MR) is 84.4 cm³/mol. The van der Waals surface area contributed by atoms with Crippen molar-refractivity contribution >= 4 is 39.1 Å². The Kier molecular flexibility index (Phi) is 5.25. The number of hydrogen-bond donors (Lipinski definition) is 2. The predicted octanol–water partition coefficient (Wildman–Crippen LogP) is 4.50. The van der Waals surface area contributed by atoms with E-state index in [1.54, 1.807) is 0 Å². The first-order chi connectivity index (χ1) is 9.13. The van der Waals surface area contributed by atoms with Crippen LogP contribution in [0, 0.1) is 0 Å². The molecular formula is C14H13BrCl2N2. The Morgan fingerprint density at radius 1 is 1.05 bits per heavy atom. The summed E-state index contributed by atoms with van der Waals surface area (Å²) in [6.45, 7) is 0. The van der Waals surface area contributed by atoms with E-state index in [0.29, 0.717) is 11.4 Å². The van der Waals surface area contributed by atoms with Gasteiger partial charge in [-0.15, -0.1) is 0 Å². The zero-order valence-corrected chi connectivity index (χ0v) is 13.1. The van der Waals surface area contributed by atoms with E-state index in [-0.39, 0.29) is 6.04 Å². The Bertz CT molecular complexity index is 555. The molecule has 5 heteroatoms. The average molecular weight is 360 g/mol. The van der Waals surface area contributed by atoms with Gasteiger partial charge in [0.1, 0.15) is 0 Å². The van der Waals surface area contributed by atoms with Gasteiger partial charge in [0.25, 0.3) is 0 Å². The summed E-state index contributed by atoms with van der Waals surface area (Å²) < 4.78 is 0.926. The molecule has 2 aromatic carbocycles. The Labute approximate surface area is 131 Å². The third kappa shape index (κ3) is 3.50. The largest absolute Gasteiger partial charge is 0.271 e. The molecule has 0 amide bonds. The number of halogens is 3. The summed E-state index contributed by atoms with van der Waals surface area (Å²) in [5.41, 5.74) is 4.77. The summed E-state index contributed by atoms with van der Waals surface area (Å²) in [4.78, 5) is 0.